The Morgan fingerprint density at radius 3 is 2.65 bits per heavy atom. The molecule has 2 atom stereocenters. The molecule has 0 aromatic heterocycles. The van der Waals surface area contributed by atoms with Crippen molar-refractivity contribution in [2.24, 2.45) is 5.92 Å². The summed E-state index contributed by atoms with van der Waals surface area (Å²) in [5.41, 5.74) is 1.69. The monoisotopic (exact) mass is 271 g/mol. The van der Waals surface area contributed by atoms with Crippen molar-refractivity contribution >= 4 is 11.9 Å². The van der Waals surface area contributed by atoms with Crippen LogP contribution in [0.1, 0.15) is 36.8 Å². The molecule has 1 spiro atoms. The van der Waals surface area contributed by atoms with Crippen molar-refractivity contribution in [3.8, 4) is 0 Å². The molecule has 0 saturated heterocycles. The molecule has 2 N–H and O–H groups in total. The molecule has 0 aliphatic heterocycles. The molecule has 0 radical (unpaired) electrons. The Kier molecular flexibility index (Phi) is 2.16. The fourth-order valence-corrected chi connectivity index (χ4v) is 3.78. The first kappa shape index (κ1) is 11.9. The predicted molar refractivity (Wildman–Crippen MR) is 72.3 cm³/mol. The summed E-state index contributed by atoms with van der Waals surface area (Å²) in [6, 6.07) is 8.33. The number of fused-ring (bicyclic) bond motifs is 2. The Balaban J connectivity index is 1.54. The summed E-state index contributed by atoms with van der Waals surface area (Å²) in [5, 5.41) is 11.9. The third kappa shape index (κ3) is 1.48. The van der Waals surface area contributed by atoms with E-state index < -0.39 is 11.5 Å². The Bertz CT molecular complexity index is 620. The van der Waals surface area contributed by atoms with E-state index in [0.717, 1.165) is 19.3 Å². The van der Waals surface area contributed by atoms with Gasteiger partial charge in [-0.15, -0.1) is 0 Å². The summed E-state index contributed by atoms with van der Waals surface area (Å²) >= 11 is 0. The molecular formula is C16H17NO3. The van der Waals surface area contributed by atoms with Gasteiger partial charge in [0.25, 0.3) is 0 Å². The van der Waals surface area contributed by atoms with Crippen LogP contribution < -0.4 is 5.32 Å². The van der Waals surface area contributed by atoms with E-state index in [9.17, 15) is 9.59 Å². The highest BCUT2D eigenvalue weighted by atomic mass is 16.4. The van der Waals surface area contributed by atoms with Crippen molar-refractivity contribution < 1.29 is 14.7 Å². The second-order valence-corrected chi connectivity index (χ2v) is 6.45. The number of hydrogen-bond donors (Lipinski definition) is 2. The van der Waals surface area contributed by atoms with Gasteiger partial charge in [-0.1, -0.05) is 24.3 Å². The van der Waals surface area contributed by atoms with Gasteiger partial charge in [-0.3, -0.25) is 4.79 Å². The molecule has 4 heteroatoms. The molecule has 4 nitrogen and oxygen atoms in total. The normalized spacial score (nSPS) is 31.7. The Morgan fingerprint density at radius 1 is 1.20 bits per heavy atom. The van der Waals surface area contributed by atoms with Crippen LogP contribution in [0.25, 0.3) is 0 Å². The van der Waals surface area contributed by atoms with Gasteiger partial charge in [-0.2, -0.15) is 0 Å². The molecule has 1 aromatic carbocycles. The van der Waals surface area contributed by atoms with Gasteiger partial charge in [0.1, 0.15) is 5.54 Å². The maximum absolute atomic E-state index is 12.4. The number of carboxylic acid groups (broad SMARTS) is 1. The first-order chi connectivity index (χ1) is 9.57. The predicted octanol–water partition coefficient (Wildman–Crippen LogP) is 1.62. The highest BCUT2D eigenvalue weighted by Gasteiger charge is 2.63. The average Bonchev–Trinajstić information content (AvgIpc) is 3.30. The molecule has 0 heterocycles. The van der Waals surface area contributed by atoms with Gasteiger partial charge in [-0.05, 0) is 43.2 Å². The third-order valence-corrected chi connectivity index (χ3v) is 5.31. The second-order valence-electron chi connectivity index (χ2n) is 6.45. The van der Waals surface area contributed by atoms with Crippen LogP contribution in [-0.4, -0.2) is 22.5 Å². The fraction of sp³-hybridized carbons (Fsp3) is 0.500. The topological polar surface area (TPSA) is 66.4 Å². The van der Waals surface area contributed by atoms with Crippen LogP contribution in [0, 0.1) is 5.92 Å². The Morgan fingerprint density at radius 2 is 1.95 bits per heavy atom. The number of rotatable bonds is 3. The summed E-state index contributed by atoms with van der Waals surface area (Å²) in [7, 11) is 0. The SMILES string of the molecule is O=C(NC1(C(=O)O)CC1)C1CC12CCc1ccccc12. The zero-order valence-electron chi connectivity index (χ0n) is 11.2. The number of aliphatic carboxylic acids is 1. The average molecular weight is 271 g/mol. The van der Waals surface area contributed by atoms with E-state index in [1.54, 1.807) is 0 Å². The van der Waals surface area contributed by atoms with Crippen molar-refractivity contribution in [1.29, 1.82) is 0 Å². The standard InChI is InChI=1S/C16H17NO3/c18-13(17-16(7-8-16)14(19)20)12-9-15(12)6-5-10-3-1-2-4-11(10)15/h1-4,12H,5-9H2,(H,17,18)(H,19,20). The molecule has 3 aliphatic carbocycles. The highest BCUT2D eigenvalue weighted by Crippen LogP contribution is 2.61. The third-order valence-electron chi connectivity index (χ3n) is 5.31. The van der Waals surface area contributed by atoms with Crippen molar-refractivity contribution in [3.05, 3.63) is 35.4 Å². The minimum atomic E-state index is -0.959. The molecule has 104 valence electrons. The zero-order chi connectivity index (χ0) is 14.0. The largest absolute Gasteiger partial charge is 0.480 e. The molecule has 4 rings (SSSR count). The van der Waals surface area contributed by atoms with Gasteiger partial charge < -0.3 is 10.4 Å². The number of amides is 1. The molecule has 3 aliphatic rings. The molecular weight excluding hydrogens is 254 g/mol. The lowest BCUT2D eigenvalue weighted by Gasteiger charge is -2.15. The molecule has 2 unspecified atom stereocenters. The van der Waals surface area contributed by atoms with Crippen LogP contribution in [0.3, 0.4) is 0 Å². The molecule has 1 aromatic rings. The second kappa shape index (κ2) is 3.62. The number of hydrogen-bond acceptors (Lipinski definition) is 2. The maximum atomic E-state index is 12.4. The van der Waals surface area contributed by atoms with E-state index in [1.807, 2.05) is 12.1 Å². The van der Waals surface area contributed by atoms with Crippen molar-refractivity contribution in [1.82, 2.24) is 5.32 Å². The first-order valence-electron chi connectivity index (χ1n) is 7.21. The number of benzene rings is 1. The number of nitrogens with one attached hydrogen (secondary N) is 1. The van der Waals surface area contributed by atoms with Crippen molar-refractivity contribution in [2.75, 3.05) is 0 Å². The lowest BCUT2D eigenvalue weighted by Crippen LogP contribution is -2.44. The van der Waals surface area contributed by atoms with Crippen LogP contribution in [-0.2, 0) is 21.4 Å². The van der Waals surface area contributed by atoms with Crippen molar-refractivity contribution in [2.45, 2.75) is 43.1 Å². The Labute approximate surface area is 117 Å². The van der Waals surface area contributed by atoms with Crippen LogP contribution in [0.5, 0.6) is 0 Å². The van der Waals surface area contributed by atoms with Crippen LogP contribution in [0.15, 0.2) is 24.3 Å². The van der Waals surface area contributed by atoms with Crippen LogP contribution in [0.2, 0.25) is 0 Å². The van der Waals surface area contributed by atoms with E-state index in [4.69, 9.17) is 5.11 Å². The summed E-state index contributed by atoms with van der Waals surface area (Å²) in [4.78, 5) is 23.5. The number of carbonyl (C=O) groups is 2. The van der Waals surface area contributed by atoms with Crippen LogP contribution in [0.4, 0.5) is 0 Å². The lowest BCUT2D eigenvalue weighted by molar-refractivity contribution is -0.143. The summed E-state index contributed by atoms with van der Waals surface area (Å²) in [6.45, 7) is 0. The van der Waals surface area contributed by atoms with E-state index >= 15 is 0 Å². The lowest BCUT2D eigenvalue weighted by atomic mass is 9.95. The van der Waals surface area contributed by atoms with Crippen LogP contribution >= 0.6 is 0 Å². The smallest absolute Gasteiger partial charge is 0.329 e. The summed E-state index contributed by atoms with van der Waals surface area (Å²) in [6.07, 6.45) is 4.04. The minimum absolute atomic E-state index is 0.00470. The number of aryl methyl sites for hydroxylation is 1. The molecule has 20 heavy (non-hydrogen) atoms. The fourth-order valence-electron chi connectivity index (χ4n) is 3.78. The number of carboxylic acids is 1. The summed E-state index contributed by atoms with van der Waals surface area (Å²) in [5.74, 6) is -1.00. The van der Waals surface area contributed by atoms with Gasteiger partial charge in [0.15, 0.2) is 0 Å². The molecule has 0 bridgehead atoms. The highest BCUT2D eigenvalue weighted by molar-refractivity contribution is 5.92. The molecule has 2 fully saturated rings. The zero-order valence-corrected chi connectivity index (χ0v) is 11.2. The summed E-state index contributed by atoms with van der Waals surface area (Å²) < 4.78 is 0. The van der Waals surface area contributed by atoms with E-state index in [0.29, 0.717) is 12.8 Å². The van der Waals surface area contributed by atoms with E-state index in [1.165, 1.54) is 11.1 Å². The quantitative estimate of drug-likeness (QED) is 0.878. The Hall–Kier alpha value is -1.84. The van der Waals surface area contributed by atoms with E-state index in [-0.39, 0.29) is 17.2 Å². The van der Waals surface area contributed by atoms with Gasteiger partial charge >= 0.3 is 5.97 Å². The number of carbonyl (C=O) groups excluding carboxylic acids is 1. The van der Waals surface area contributed by atoms with Gasteiger partial charge in [0.05, 0.1) is 0 Å². The first-order valence-corrected chi connectivity index (χ1v) is 7.21. The van der Waals surface area contributed by atoms with E-state index in [2.05, 4.69) is 17.4 Å². The maximum Gasteiger partial charge on any atom is 0.329 e. The van der Waals surface area contributed by atoms with Gasteiger partial charge in [-0.25, -0.2) is 4.79 Å². The minimum Gasteiger partial charge on any atom is -0.480 e. The molecule has 2 saturated carbocycles. The molecule has 1 amide bonds. The van der Waals surface area contributed by atoms with Gasteiger partial charge in [0.2, 0.25) is 5.91 Å². The van der Waals surface area contributed by atoms with Gasteiger partial charge in [0, 0.05) is 11.3 Å². The van der Waals surface area contributed by atoms with Crippen molar-refractivity contribution in [3.63, 3.8) is 0 Å².